The van der Waals surface area contributed by atoms with Gasteiger partial charge in [-0.1, -0.05) is 62.7 Å². The molecule has 1 atom stereocenters. The van der Waals surface area contributed by atoms with Crippen LogP contribution in [0, 0.1) is 5.82 Å². The third kappa shape index (κ3) is 3.45. The minimum Gasteiger partial charge on any atom is -0.309 e. The van der Waals surface area contributed by atoms with E-state index in [1.807, 2.05) is 19.2 Å². The van der Waals surface area contributed by atoms with Crippen molar-refractivity contribution in [2.75, 3.05) is 7.05 Å². The summed E-state index contributed by atoms with van der Waals surface area (Å²) in [5.41, 5.74) is 2.84. The molecule has 0 aliphatic carbocycles. The van der Waals surface area contributed by atoms with Gasteiger partial charge in [0.15, 0.2) is 0 Å². The van der Waals surface area contributed by atoms with Crippen LogP contribution in [-0.4, -0.2) is 7.05 Å². The lowest BCUT2D eigenvalue weighted by Crippen LogP contribution is -2.20. The van der Waals surface area contributed by atoms with E-state index in [1.54, 1.807) is 12.1 Å². The SMILES string of the molecule is CNC(c1ccc(C(C)(C)C)cc1)c1c(F)cccc1Cl. The Morgan fingerprint density at radius 2 is 1.67 bits per heavy atom. The van der Waals surface area contributed by atoms with E-state index in [0.717, 1.165) is 5.56 Å². The van der Waals surface area contributed by atoms with Crippen LogP contribution >= 0.6 is 11.6 Å². The van der Waals surface area contributed by atoms with E-state index in [2.05, 4.69) is 38.2 Å². The summed E-state index contributed by atoms with van der Waals surface area (Å²) in [5, 5.41) is 3.59. The number of hydrogen-bond donors (Lipinski definition) is 1. The highest BCUT2D eigenvalue weighted by molar-refractivity contribution is 6.31. The number of halogens is 2. The molecular formula is C18H21ClFN. The van der Waals surface area contributed by atoms with Crippen molar-refractivity contribution in [2.45, 2.75) is 32.2 Å². The lowest BCUT2D eigenvalue weighted by atomic mass is 9.85. The van der Waals surface area contributed by atoms with Crippen LogP contribution in [0.1, 0.15) is 43.5 Å². The Kier molecular flexibility index (Phi) is 4.70. The molecule has 2 rings (SSSR count). The minimum atomic E-state index is -0.290. The van der Waals surface area contributed by atoms with Crippen LogP contribution < -0.4 is 5.32 Å². The van der Waals surface area contributed by atoms with Crippen molar-refractivity contribution in [3.63, 3.8) is 0 Å². The summed E-state index contributed by atoms with van der Waals surface area (Å²) in [6.07, 6.45) is 0. The first kappa shape index (κ1) is 16.0. The molecule has 112 valence electrons. The Morgan fingerprint density at radius 3 is 2.14 bits per heavy atom. The van der Waals surface area contributed by atoms with Crippen LogP contribution in [0.25, 0.3) is 0 Å². The summed E-state index contributed by atoms with van der Waals surface area (Å²) in [7, 11) is 1.81. The van der Waals surface area contributed by atoms with Gasteiger partial charge < -0.3 is 5.32 Å². The van der Waals surface area contributed by atoms with Crippen molar-refractivity contribution in [3.05, 3.63) is 70.0 Å². The van der Waals surface area contributed by atoms with Crippen molar-refractivity contribution in [2.24, 2.45) is 0 Å². The summed E-state index contributed by atoms with van der Waals surface area (Å²) in [5.74, 6) is -0.290. The first-order valence-electron chi connectivity index (χ1n) is 7.06. The molecule has 1 nitrogen and oxygen atoms in total. The molecule has 0 heterocycles. The molecule has 0 bridgehead atoms. The van der Waals surface area contributed by atoms with Gasteiger partial charge in [-0.2, -0.15) is 0 Å². The normalized spacial score (nSPS) is 13.2. The molecule has 0 amide bonds. The highest BCUT2D eigenvalue weighted by Crippen LogP contribution is 2.31. The summed E-state index contributed by atoms with van der Waals surface area (Å²) < 4.78 is 14.1. The van der Waals surface area contributed by atoms with Gasteiger partial charge in [-0.3, -0.25) is 0 Å². The highest BCUT2D eigenvalue weighted by atomic mass is 35.5. The molecule has 0 aliphatic heterocycles. The molecule has 3 heteroatoms. The number of hydrogen-bond acceptors (Lipinski definition) is 1. The Balaban J connectivity index is 2.43. The Bertz CT molecular complexity index is 594. The van der Waals surface area contributed by atoms with E-state index in [4.69, 9.17) is 11.6 Å². The number of rotatable bonds is 3. The zero-order valence-electron chi connectivity index (χ0n) is 12.9. The van der Waals surface area contributed by atoms with Crippen molar-refractivity contribution in [1.82, 2.24) is 5.32 Å². The van der Waals surface area contributed by atoms with E-state index >= 15 is 0 Å². The molecular weight excluding hydrogens is 285 g/mol. The first-order chi connectivity index (χ1) is 9.84. The smallest absolute Gasteiger partial charge is 0.129 e. The zero-order valence-corrected chi connectivity index (χ0v) is 13.6. The predicted molar refractivity (Wildman–Crippen MR) is 87.5 cm³/mol. The van der Waals surface area contributed by atoms with Gasteiger partial charge in [-0.05, 0) is 35.7 Å². The maximum absolute atomic E-state index is 14.1. The molecule has 0 aliphatic rings. The van der Waals surface area contributed by atoms with Crippen LogP contribution in [0.5, 0.6) is 0 Å². The van der Waals surface area contributed by atoms with Crippen LogP contribution in [-0.2, 0) is 5.41 Å². The largest absolute Gasteiger partial charge is 0.309 e. The second-order valence-electron chi connectivity index (χ2n) is 6.23. The van der Waals surface area contributed by atoms with E-state index < -0.39 is 0 Å². The molecule has 2 aromatic rings. The fourth-order valence-electron chi connectivity index (χ4n) is 2.44. The fourth-order valence-corrected chi connectivity index (χ4v) is 2.71. The summed E-state index contributed by atoms with van der Waals surface area (Å²) >= 11 is 6.18. The Labute approximate surface area is 131 Å². The summed E-state index contributed by atoms with van der Waals surface area (Å²) in [6.45, 7) is 6.52. The molecule has 1 N–H and O–H groups in total. The van der Waals surface area contributed by atoms with E-state index in [1.165, 1.54) is 11.6 Å². The molecule has 0 radical (unpaired) electrons. The second-order valence-corrected chi connectivity index (χ2v) is 6.64. The van der Waals surface area contributed by atoms with Crippen LogP contribution in [0.3, 0.4) is 0 Å². The van der Waals surface area contributed by atoms with Gasteiger partial charge >= 0.3 is 0 Å². The molecule has 0 saturated carbocycles. The quantitative estimate of drug-likeness (QED) is 0.833. The lowest BCUT2D eigenvalue weighted by Gasteiger charge is -2.22. The summed E-state index contributed by atoms with van der Waals surface area (Å²) in [4.78, 5) is 0. The van der Waals surface area contributed by atoms with Gasteiger partial charge in [-0.25, -0.2) is 4.39 Å². The molecule has 0 spiro atoms. The molecule has 2 aromatic carbocycles. The van der Waals surface area contributed by atoms with Crippen molar-refractivity contribution < 1.29 is 4.39 Å². The third-order valence-electron chi connectivity index (χ3n) is 3.69. The van der Waals surface area contributed by atoms with Gasteiger partial charge in [0, 0.05) is 10.6 Å². The lowest BCUT2D eigenvalue weighted by molar-refractivity contribution is 0.573. The minimum absolute atomic E-state index is 0.101. The van der Waals surface area contributed by atoms with Gasteiger partial charge in [0.25, 0.3) is 0 Å². The van der Waals surface area contributed by atoms with Gasteiger partial charge in [0.05, 0.1) is 6.04 Å². The van der Waals surface area contributed by atoms with Gasteiger partial charge in [0.2, 0.25) is 0 Å². The van der Waals surface area contributed by atoms with Gasteiger partial charge in [-0.15, -0.1) is 0 Å². The average molecular weight is 306 g/mol. The molecule has 1 unspecified atom stereocenters. The van der Waals surface area contributed by atoms with Crippen molar-refractivity contribution >= 4 is 11.6 Å². The maximum atomic E-state index is 14.1. The van der Waals surface area contributed by atoms with Crippen molar-refractivity contribution in [3.8, 4) is 0 Å². The van der Waals surface area contributed by atoms with E-state index in [0.29, 0.717) is 10.6 Å². The fraction of sp³-hybridized carbons (Fsp3) is 0.333. The Hall–Kier alpha value is -1.38. The van der Waals surface area contributed by atoms with Crippen LogP contribution in [0.2, 0.25) is 5.02 Å². The number of nitrogens with one attached hydrogen (secondary N) is 1. The zero-order chi connectivity index (χ0) is 15.6. The standard InChI is InChI=1S/C18H21ClFN/c1-18(2,3)13-10-8-12(9-11-13)17(21-4)16-14(19)6-5-7-15(16)20/h5-11,17,21H,1-4H3. The third-order valence-corrected chi connectivity index (χ3v) is 4.02. The molecule has 0 fully saturated rings. The second kappa shape index (κ2) is 6.17. The molecule has 21 heavy (non-hydrogen) atoms. The van der Waals surface area contributed by atoms with Gasteiger partial charge in [0.1, 0.15) is 5.82 Å². The van der Waals surface area contributed by atoms with E-state index in [-0.39, 0.29) is 17.3 Å². The van der Waals surface area contributed by atoms with Crippen molar-refractivity contribution in [1.29, 1.82) is 0 Å². The molecule has 0 saturated heterocycles. The van der Waals surface area contributed by atoms with E-state index in [9.17, 15) is 4.39 Å². The van der Waals surface area contributed by atoms with Crippen LogP contribution in [0.15, 0.2) is 42.5 Å². The topological polar surface area (TPSA) is 12.0 Å². The first-order valence-corrected chi connectivity index (χ1v) is 7.44. The predicted octanol–water partition coefficient (Wildman–Crippen LogP) is 5.09. The Morgan fingerprint density at radius 1 is 1.05 bits per heavy atom. The molecule has 0 aromatic heterocycles. The number of benzene rings is 2. The maximum Gasteiger partial charge on any atom is 0.129 e. The monoisotopic (exact) mass is 305 g/mol. The highest BCUT2D eigenvalue weighted by Gasteiger charge is 2.20. The average Bonchev–Trinajstić information content (AvgIpc) is 2.42. The van der Waals surface area contributed by atoms with Crippen LogP contribution in [0.4, 0.5) is 4.39 Å². The summed E-state index contributed by atoms with van der Waals surface area (Å²) in [6, 6.07) is 12.8.